The summed E-state index contributed by atoms with van der Waals surface area (Å²) in [6, 6.07) is 12.1. The molecule has 0 atom stereocenters. The van der Waals surface area contributed by atoms with E-state index in [1.807, 2.05) is 0 Å². The van der Waals surface area contributed by atoms with Gasteiger partial charge >= 0.3 is 0 Å². The van der Waals surface area contributed by atoms with Crippen molar-refractivity contribution in [3.8, 4) is 6.07 Å². The minimum Gasteiger partial charge on any atom is -0.355 e. The number of benzene rings is 2. The Bertz CT molecular complexity index is 635. The van der Waals surface area contributed by atoms with Crippen LogP contribution in [0.25, 0.3) is 0 Å². The van der Waals surface area contributed by atoms with Crippen molar-refractivity contribution in [2.45, 2.75) is 0 Å². The van der Waals surface area contributed by atoms with Crippen molar-refractivity contribution in [1.82, 2.24) is 0 Å². The van der Waals surface area contributed by atoms with Crippen LogP contribution in [-0.4, -0.2) is 0 Å². The average Bonchev–Trinajstić information content (AvgIpc) is 2.34. The maximum Gasteiger partial charge on any atom is 0.137 e. The van der Waals surface area contributed by atoms with Gasteiger partial charge in [-0.3, -0.25) is 0 Å². The van der Waals surface area contributed by atoms with Crippen LogP contribution < -0.4 is 5.32 Å². The minimum absolute atomic E-state index is 0.304. The highest BCUT2D eigenvalue weighted by atomic mass is 79.9. The second-order valence-electron chi connectivity index (χ2n) is 3.56. The molecule has 0 saturated carbocycles. The Balaban J connectivity index is 2.26. The molecule has 0 bridgehead atoms. The maximum atomic E-state index is 13.1. The highest BCUT2D eigenvalue weighted by Crippen LogP contribution is 2.26. The highest BCUT2D eigenvalue weighted by Gasteiger charge is 2.03. The van der Waals surface area contributed by atoms with E-state index >= 15 is 0 Å². The molecule has 0 aliphatic heterocycles. The van der Waals surface area contributed by atoms with E-state index < -0.39 is 0 Å². The lowest BCUT2D eigenvalue weighted by atomic mass is 10.2. The van der Waals surface area contributed by atoms with Gasteiger partial charge in [-0.15, -0.1) is 0 Å². The Labute approximate surface area is 121 Å². The summed E-state index contributed by atoms with van der Waals surface area (Å²) in [5.41, 5.74) is 2.15. The third-order valence-electron chi connectivity index (χ3n) is 2.30. The van der Waals surface area contributed by atoms with Gasteiger partial charge in [0.15, 0.2) is 0 Å². The van der Waals surface area contributed by atoms with Gasteiger partial charge in [-0.1, -0.05) is 0 Å². The molecule has 0 saturated heterocycles. The van der Waals surface area contributed by atoms with Gasteiger partial charge in [0.25, 0.3) is 0 Å². The van der Waals surface area contributed by atoms with Gasteiger partial charge in [0.05, 0.1) is 10.0 Å². The smallest absolute Gasteiger partial charge is 0.137 e. The number of hydrogen-bond acceptors (Lipinski definition) is 2. The fourth-order valence-electron chi connectivity index (χ4n) is 1.42. The summed E-state index contributed by atoms with van der Waals surface area (Å²) in [5, 5.41) is 11.9. The molecular formula is C13H7Br2FN2. The number of halogens is 3. The zero-order chi connectivity index (χ0) is 13.1. The van der Waals surface area contributed by atoms with Gasteiger partial charge in [0.1, 0.15) is 11.9 Å². The van der Waals surface area contributed by atoms with Crippen LogP contribution >= 0.6 is 31.9 Å². The van der Waals surface area contributed by atoms with Crippen molar-refractivity contribution in [1.29, 1.82) is 5.26 Å². The molecule has 90 valence electrons. The van der Waals surface area contributed by atoms with E-state index in [1.165, 1.54) is 6.07 Å². The first kappa shape index (κ1) is 13.1. The molecule has 1 N–H and O–H groups in total. The van der Waals surface area contributed by atoms with Gasteiger partial charge < -0.3 is 5.32 Å². The molecule has 18 heavy (non-hydrogen) atoms. The second kappa shape index (κ2) is 5.51. The summed E-state index contributed by atoms with van der Waals surface area (Å²) in [5.74, 6) is -0.304. The first-order chi connectivity index (χ1) is 8.60. The second-order valence-corrected chi connectivity index (χ2v) is 5.27. The first-order valence-corrected chi connectivity index (χ1v) is 6.60. The summed E-state index contributed by atoms with van der Waals surface area (Å²) < 4.78 is 14.2. The van der Waals surface area contributed by atoms with E-state index in [9.17, 15) is 4.39 Å². The van der Waals surface area contributed by atoms with Crippen LogP contribution in [-0.2, 0) is 0 Å². The maximum absolute atomic E-state index is 13.1. The third-order valence-corrected chi connectivity index (χ3v) is 3.56. The van der Waals surface area contributed by atoms with Crippen molar-refractivity contribution < 1.29 is 4.39 Å². The van der Waals surface area contributed by atoms with Gasteiger partial charge in [-0.05, 0) is 68.3 Å². The summed E-state index contributed by atoms with van der Waals surface area (Å²) >= 11 is 6.44. The van der Waals surface area contributed by atoms with Crippen LogP contribution in [0.2, 0.25) is 0 Å². The molecule has 0 unspecified atom stereocenters. The Hall–Kier alpha value is -1.38. The lowest BCUT2D eigenvalue weighted by Gasteiger charge is -2.08. The van der Waals surface area contributed by atoms with Crippen molar-refractivity contribution in [2.24, 2.45) is 0 Å². The fraction of sp³-hybridized carbons (Fsp3) is 0. The lowest BCUT2D eigenvalue weighted by molar-refractivity contribution is 0.621. The predicted molar refractivity (Wildman–Crippen MR) is 76.2 cm³/mol. The number of nitriles is 1. The molecule has 0 radical (unpaired) electrons. The van der Waals surface area contributed by atoms with Gasteiger partial charge in [-0.25, -0.2) is 4.39 Å². The molecule has 2 nitrogen and oxygen atoms in total. The van der Waals surface area contributed by atoms with Crippen LogP contribution in [0, 0.1) is 17.1 Å². The average molecular weight is 370 g/mol. The monoisotopic (exact) mass is 368 g/mol. The van der Waals surface area contributed by atoms with Crippen LogP contribution in [0.4, 0.5) is 15.8 Å². The molecule has 5 heteroatoms. The van der Waals surface area contributed by atoms with E-state index in [1.54, 1.807) is 30.3 Å². The summed E-state index contributed by atoms with van der Waals surface area (Å²) in [4.78, 5) is 0. The van der Waals surface area contributed by atoms with Crippen molar-refractivity contribution >= 4 is 43.2 Å². The van der Waals surface area contributed by atoms with Crippen molar-refractivity contribution in [2.75, 3.05) is 5.32 Å². The molecule has 0 amide bonds. The van der Waals surface area contributed by atoms with E-state index in [0.717, 1.165) is 15.8 Å². The normalized spacial score (nSPS) is 9.89. The molecule has 0 aliphatic carbocycles. The van der Waals surface area contributed by atoms with Crippen molar-refractivity contribution in [3.05, 3.63) is 56.7 Å². The van der Waals surface area contributed by atoms with E-state index in [0.29, 0.717) is 10.0 Å². The van der Waals surface area contributed by atoms with E-state index in [-0.39, 0.29) is 5.82 Å². The molecule has 0 heterocycles. The first-order valence-electron chi connectivity index (χ1n) is 5.02. The number of anilines is 2. The van der Waals surface area contributed by atoms with Gasteiger partial charge in [0, 0.05) is 15.8 Å². The molecule has 2 aromatic rings. The predicted octanol–water partition coefficient (Wildman–Crippen LogP) is 4.97. The highest BCUT2D eigenvalue weighted by molar-refractivity contribution is 9.10. The molecule has 0 aromatic heterocycles. The van der Waals surface area contributed by atoms with E-state index in [2.05, 4.69) is 43.2 Å². The Morgan fingerprint density at radius 1 is 1.00 bits per heavy atom. The molecule has 0 fully saturated rings. The van der Waals surface area contributed by atoms with Gasteiger partial charge in [-0.2, -0.15) is 5.26 Å². The summed E-state index contributed by atoms with van der Waals surface area (Å²) in [6.45, 7) is 0. The van der Waals surface area contributed by atoms with Crippen LogP contribution in [0.1, 0.15) is 5.56 Å². The number of nitrogens with one attached hydrogen (secondary N) is 1. The SMILES string of the molecule is N#Cc1ccc(Nc2ccc(F)c(Br)c2)cc1Br. The molecule has 0 spiro atoms. The number of rotatable bonds is 2. The fourth-order valence-corrected chi connectivity index (χ4v) is 2.27. The van der Waals surface area contributed by atoms with Crippen LogP contribution in [0.3, 0.4) is 0 Å². The van der Waals surface area contributed by atoms with Gasteiger partial charge in [0.2, 0.25) is 0 Å². The molecular weight excluding hydrogens is 363 g/mol. The van der Waals surface area contributed by atoms with Crippen LogP contribution in [0.5, 0.6) is 0 Å². The topological polar surface area (TPSA) is 35.8 Å². The molecule has 2 aromatic carbocycles. The summed E-state index contributed by atoms with van der Waals surface area (Å²) in [7, 11) is 0. The Kier molecular flexibility index (Phi) is 4.00. The molecule has 0 aliphatic rings. The lowest BCUT2D eigenvalue weighted by Crippen LogP contribution is -1.92. The molecule has 2 rings (SSSR count). The largest absolute Gasteiger partial charge is 0.355 e. The van der Waals surface area contributed by atoms with Crippen molar-refractivity contribution in [3.63, 3.8) is 0 Å². The standard InChI is InChI=1S/C13H7Br2FN2/c14-11-5-9(2-1-8(11)7-17)18-10-3-4-13(16)12(15)6-10/h1-6,18H. The Morgan fingerprint density at radius 3 is 2.17 bits per heavy atom. The number of nitrogens with zero attached hydrogens (tertiary/aromatic N) is 1. The summed E-state index contributed by atoms with van der Waals surface area (Å²) in [6.07, 6.45) is 0. The zero-order valence-corrected chi connectivity index (χ0v) is 12.2. The quantitative estimate of drug-likeness (QED) is 0.811. The van der Waals surface area contributed by atoms with E-state index in [4.69, 9.17) is 5.26 Å². The minimum atomic E-state index is -0.304. The third kappa shape index (κ3) is 2.89. The van der Waals surface area contributed by atoms with Crippen LogP contribution in [0.15, 0.2) is 45.3 Å². The number of hydrogen-bond donors (Lipinski definition) is 1. The zero-order valence-electron chi connectivity index (χ0n) is 9.05. The Morgan fingerprint density at radius 2 is 1.61 bits per heavy atom.